The zero-order valence-electron chi connectivity index (χ0n) is 8.45. The molecule has 1 aliphatic carbocycles. The Balaban J connectivity index is 2.55. The highest BCUT2D eigenvalue weighted by Gasteiger charge is 2.17. The number of allylic oxidation sites excluding steroid dienone is 1. The molecule has 0 radical (unpaired) electrons. The Morgan fingerprint density at radius 1 is 1.00 bits per heavy atom. The van der Waals surface area contributed by atoms with Crippen LogP contribution in [0.1, 0.15) is 22.8 Å². The monoisotopic (exact) mass is 194 g/mol. The Kier molecular flexibility index (Phi) is 1.57. The van der Waals surface area contributed by atoms with Gasteiger partial charge in [0.1, 0.15) is 0 Å². The lowest BCUT2D eigenvalue weighted by atomic mass is 9.89. The SMILES string of the molecule is CC1=Cc2cccc3cccc(c23)C1=O. The molecule has 1 nitrogen and oxygen atoms in total. The van der Waals surface area contributed by atoms with Crippen LogP contribution in [-0.2, 0) is 0 Å². The van der Waals surface area contributed by atoms with Gasteiger partial charge in [-0.15, -0.1) is 0 Å². The van der Waals surface area contributed by atoms with Crippen molar-refractivity contribution in [1.82, 2.24) is 0 Å². The third kappa shape index (κ3) is 1.06. The van der Waals surface area contributed by atoms with Crippen molar-refractivity contribution in [3.05, 3.63) is 53.1 Å². The molecule has 0 heterocycles. The highest BCUT2D eigenvalue weighted by Crippen LogP contribution is 2.30. The molecule has 0 spiro atoms. The lowest BCUT2D eigenvalue weighted by Gasteiger charge is -2.14. The number of carbonyl (C=O) groups is 1. The molecular weight excluding hydrogens is 184 g/mol. The van der Waals surface area contributed by atoms with E-state index in [2.05, 4.69) is 6.07 Å². The highest BCUT2D eigenvalue weighted by atomic mass is 16.1. The molecule has 1 aliphatic rings. The first-order valence-corrected chi connectivity index (χ1v) is 5.02. The summed E-state index contributed by atoms with van der Waals surface area (Å²) in [5.41, 5.74) is 2.81. The first-order chi connectivity index (χ1) is 7.27. The van der Waals surface area contributed by atoms with Gasteiger partial charge in [0.05, 0.1) is 0 Å². The van der Waals surface area contributed by atoms with Gasteiger partial charge in [-0.1, -0.05) is 36.4 Å². The van der Waals surface area contributed by atoms with Crippen LogP contribution in [0.15, 0.2) is 42.0 Å². The topological polar surface area (TPSA) is 17.1 Å². The van der Waals surface area contributed by atoms with Crippen LogP contribution in [-0.4, -0.2) is 5.78 Å². The van der Waals surface area contributed by atoms with E-state index in [4.69, 9.17) is 0 Å². The van der Waals surface area contributed by atoms with E-state index in [9.17, 15) is 4.79 Å². The van der Waals surface area contributed by atoms with Gasteiger partial charge in [-0.05, 0) is 29.5 Å². The number of benzene rings is 2. The van der Waals surface area contributed by atoms with Gasteiger partial charge in [-0.25, -0.2) is 0 Å². The van der Waals surface area contributed by atoms with Crippen LogP contribution in [0.3, 0.4) is 0 Å². The third-order valence-electron chi connectivity index (χ3n) is 2.91. The first-order valence-electron chi connectivity index (χ1n) is 5.02. The summed E-state index contributed by atoms with van der Waals surface area (Å²) >= 11 is 0. The van der Waals surface area contributed by atoms with Gasteiger partial charge < -0.3 is 0 Å². The second-order valence-electron chi connectivity index (χ2n) is 3.91. The molecule has 0 atom stereocenters. The predicted octanol–water partition coefficient (Wildman–Crippen LogP) is 3.44. The molecule has 0 saturated carbocycles. The van der Waals surface area contributed by atoms with Crippen molar-refractivity contribution >= 4 is 22.6 Å². The Morgan fingerprint density at radius 2 is 1.73 bits per heavy atom. The van der Waals surface area contributed by atoms with Crippen molar-refractivity contribution < 1.29 is 4.79 Å². The van der Waals surface area contributed by atoms with Gasteiger partial charge in [0.2, 0.25) is 0 Å². The second-order valence-corrected chi connectivity index (χ2v) is 3.91. The van der Waals surface area contributed by atoms with Crippen molar-refractivity contribution in [3.63, 3.8) is 0 Å². The fourth-order valence-electron chi connectivity index (χ4n) is 2.19. The van der Waals surface area contributed by atoms with Crippen molar-refractivity contribution in [1.29, 1.82) is 0 Å². The lowest BCUT2D eigenvalue weighted by Crippen LogP contribution is -2.06. The molecular formula is C14H10O. The molecule has 72 valence electrons. The summed E-state index contributed by atoms with van der Waals surface area (Å²) in [6, 6.07) is 12.0. The van der Waals surface area contributed by atoms with E-state index in [0.29, 0.717) is 0 Å². The number of carbonyl (C=O) groups excluding carboxylic acids is 1. The number of hydrogen-bond donors (Lipinski definition) is 0. The van der Waals surface area contributed by atoms with Gasteiger partial charge in [-0.3, -0.25) is 4.79 Å². The zero-order chi connectivity index (χ0) is 10.4. The minimum absolute atomic E-state index is 0.152. The van der Waals surface area contributed by atoms with Crippen molar-refractivity contribution in [2.45, 2.75) is 6.92 Å². The predicted molar refractivity (Wildman–Crippen MR) is 61.9 cm³/mol. The number of hydrogen-bond acceptors (Lipinski definition) is 1. The van der Waals surface area contributed by atoms with Crippen molar-refractivity contribution in [2.24, 2.45) is 0 Å². The average molecular weight is 194 g/mol. The normalized spacial score (nSPS) is 14.2. The summed E-state index contributed by atoms with van der Waals surface area (Å²) in [4.78, 5) is 11.9. The second kappa shape index (κ2) is 2.80. The van der Waals surface area contributed by atoms with E-state index in [1.165, 1.54) is 0 Å². The standard InChI is InChI=1S/C14H10O/c1-9-8-11-6-2-4-10-5-3-7-12(13(10)11)14(9)15/h2-8H,1H3. The number of rotatable bonds is 0. The van der Waals surface area contributed by atoms with Crippen molar-refractivity contribution in [3.8, 4) is 0 Å². The maximum absolute atomic E-state index is 11.9. The van der Waals surface area contributed by atoms with E-state index >= 15 is 0 Å². The quantitative estimate of drug-likeness (QED) is 0.627. The van der Waals surface area contributed by atoms with E-state index in [1.807, 2.05) is 43.3 Å². The number of Topliss-reactive ketones (excluding diaryl/α,β-unsaturated/α-hetero) is 1. The molecule has 0 bridgehead atoms. The largest absolute Gasteiger partial charge is 0.289 e. The van der Waals surface area contributed by atoms with Gasteiger partial charge in [0.25, 0.3) is 0 Å². The molecule has 3 rings (SSSR count). The molecule has 2 aromatic carbocycles. The summed E-state index contributed by atoms with van der Waals surface area (Å²) < 4.78 is 0. The summed E-state index contributed by atoms with van der Waals surface area (Å²) in [5.74, 6) is 0.152. The number of ketones is 1. The van der Waals surface area contributed by atoms with Crippen LogP contribution in [0.4, 0.5) is 0 Å². The van der Waals surface area contributed by atoms with E-state index < -0.39 is 0 Å². The molecule has 0 amide bonds. The maximum atomic E-state index is 11.9. The van der Waals surface area contributed by atoms with Crippen LogP contribution >= 0.6 is 0 Å². The van der Waals surface area contributed by atoms with Gasteiger partial charge in [0.15, 0.2) is 5.78 Å². The van der Waals surface area contributed by atoms with Crippen LogP contribution in [0.25, 0.3) is 16.8 Å². The molecule has 0 aliphatic heterocycles. The average Bonchev–Trinajstić information content (AvgIpc) is 2.26. The highest BCUT2D eigenvalue weighted by molar-refractivity contribution is 6.22. The van der Waals surface area contributed by atoms with Gasteiger partial charge in [-0.2, -0.15) is 0 Å². The smallest absolute Gasteiger partial charge is 0.189 e. The summed E-state index contributed by atoms with van der Waals surface area (Å²) in [6.07, 6.45) is 1.97. The Bertz CT molecular complexity index is 601. The van der Waals surface area contributed by atoms with E-state index in [1.54, 1.807) is 0 Å². The van der Waals surface area contributed by atoms with Gasteiger partial charge in [0, 0.05) is 10.9 Å². The molecule has 2 aromatic rings. The molecule has 0 saturated heterocycles. The minimum atomic E-state index is 0.152. The molecule has 15 heavy (non-hydrogen) atoms. The Morgan fingerprint density at radius 3 is 2.53 bits per heavy atom. The van der Waals surface area contributed by atoms with Crippen LogP contribution in [0.5, 0.6) is 0 Å². The van der Waals surface area contributed by atoms with Gasteiger partial charge >= 0.3 is 0 Å². The summed E-state index contributed by atoms with van der Waals surface area (Å²) in [6.45, 7) is 1.87. The van der Waals surface area contributed by atoms with E-state index in [0.717, 1.165) is 27.5 Å². The van der Waals surface area contributed by atoms with E-state index in [-0.39, 0.29) is 5.78 Å². The molecule has 0 N–H and O–H groups in total. The zero-order valence-corrected chi connectivity index (χ0v) is 8.45. The Labute approximate surface area is 88.0 Å². The first kappa shape index (κ1) is 8.42. The maximum Gasteiger partial charge on any atom is 0.189 e. The fraction of sp³-hybridized carbons (Fsp3) is 0.0714. The van der Waals surface area contributed by atoms with Crippen LogP contribution < -0.4 is 0 Å². The van der Waals surface area contributed by atoms with Crippen molar-refractivity contribution in [2.75, 3.05) is 0 Å². The third-order valence-corrected chi connectivity index (χ3v) is 2.91. The minimum Gasteiger partial charge on any atom is -0.289 e. The summed E-state index contributed by atoms with van der Waals surface area (Å²) in [7, 11) is 0. The molecule has 1 heteroatoms. The van der Waals surface area contributed by atoms with Crippen LogP contribution in [0, 0.1) is 0 Å². The summed E-state index contributed by atoms with van der Waals surface area (Å²) in [5, 5.41) is 2.23. The van der Waals surface area contributed by atoms with Crippen LogP contribution in [0.2, 0.25) is 0 Å². The fourth-order valence-corrected chi connectivity index (χ4v) is 2.19. The molecule has 0 unspecified atom stereocenters. The Hall–Kier alpha value is -1.89. The molecule has 0 aromatic heterocycles. The lowest BCUT2D eigenvalue weighted by molar-refractivity contribution is 0.103. The molecule has 0 fully saturated rings.